The molecular formula is C27H21Cl2N3O2. The molecule has 0 aliphatic carbocycles. The molecule has 0 radical (unpaired) electrons. The number of aromatic nitrogens is 2. The van der Waals surface area contributed by atoms with Gasteiger partial charge in [0.1, 0.15) is 5.58 Å². The van der Waals surface area contributed by atoms with Crippen LogP contribution in [-0.2, 0) is 6.54 Å². The van der Waals surface area contributed by atoms with Crippen LogP contribution in [0, 0.1) is 13.8 Å². The average Bonchev–Trinajstić information content (AvgIpc) is 3.41. The van der Waals surface area contributed by atoms with Gasteiger partial charge in [-0.2, -0.15) is 5.10 Å². The summed E-state index contributed by atoms with van der Waals surface area (Å²) in [6.07, 6.45) is 1.92. The number of rotatable bonds is 5. The van der Waals surface area contributed by atoms with E-state index >= 15 is 0 Å². The van der Waals surface area contributed by atoms with Gasteiger partial charge in [0, 0.05) is 44.9 Å². The van der Waals surface area contributed by atoms with Crippen LogP contribution in [0.2, 0.25) is 10.0 Å². The summed E-state index contributed by atoms with van der Waals surface area (Å²) in [6, 6.07) is 21.0. The first-order valence-corrected chi connectivity index (χ1v) is 11.5. The van der Waals surface area contributed by atoms with Crippen LogP contribution in [0.3, 0.4) is 0 Å². The third kappa shape index (κ3) is 4.20. The van der Waals surface area contributed by atoms with Crippen LogP contribution in [0.1, 0.15) is 27.2 Å². The number of halogens is 2. The van der Waals surface area contributed by atoms with Crippen molar-refractivity contribution in [2.24, 2.45) is 0 Å². The molecule has 34 heavy (non-hydrogen) atoms. The Balaban J connectivity index is 1.46. The highest BCUT2D eigenvalue weighted by Crippen LogP contribution is 2.30. The van der Waals surface area contributed by atoms with Crippen LogP contribution in [0.5, 0.6) is 0 Å². The lowest BCUT2D eigenvalue weighted by Crippen LogP contribution is -2.23. The molecule has 0 unspecified atom stereocenters. The van der Waals surface area contributed by atoms with Crippen LogP contribution >= 0.6 is 23.2 Å². The van der Waals surface area contributed by atoms with Gasteiger partial charge >= 0.3 is 0 Å². The minimum Gasteiger partial charge on any atom is -0.451 e. The summed E-state index contributed by atoms with van der Waals surface area (Å²) in [5.74, 6) is -0.0165. The van der Waals surface area contributed by atoms with E-state index in [-0.39, 0.29) is 18.2 Å². The van der Waals surface area contributed by atoms with Crippen LogP contribution in [0.25, 0.3) is 27.9 Å². The molecular weight excluding hydrogens is 469 g/mol. The standard InChI is InChI=1S/C27H21Cl2N3O2/c1-16-12-24-22(13-23(16)29)17(2)26(34-24)27(33)30-14-19-15-32(21-6-4-3-5-7-21)31-25(19)18-8-10-20(28)11-9-18/h3-13,15H,14H2,1-2H3,(H,30,33). The van der Waals surface area contributed by atoms with Crippen molar-refractivity contribution in [3.8, 4) is 16.9 Å². The largest absolute Gasteiger partial charge is 0.451 e. The molecule has 1 amide bonds. The first-order valence-electron chi connectivity index (χ1n) is 10.8. The third-order valence-corrected chi connectivity index (χ3v) is 6.45. The second-order valence-electron chi connectivity index (χ2n) is 8.13. The van der Waals surface area contributed by atoms with E-state index in [0.29, 0.717) is 15.6 Å². The van der Waals surface area contributed by atoms with E-state index in [9.17, 15) is 4.79 Å². The molecule has 0 aliphatic heterocycles. The van der Waals surface area contributed by atoms with Crippen LogP contribution in [0.15, 0.2) is 77.3 Å². The number of aryl methyl sites for hydroxylation is 2. The second-order valence-corrected chi connectivity index (χ2v) is 8.97. The van der Waals surface area contributed by atoms with E-state index in [1.807, 2.05) is 91.5 Å². The predicted octanol–water partition coefficient (Wildman–Crippen LogP) is 7.14. The van der Waals surface area contributed by atoms with Gasteiger partial charge < -0.3 is 9.73 Å². The first-order chi connectivity index (χ1) is 16.4. The molecule has 5 nitrogen and oxygen atoms in total. The smallest absolute Gasteiger partial charge is 0.287 e. The Kier molecular flexibility index (Phi) is 5.90. The lowest BCUT2D eigenvalue weighted by molar-refractivity contribution is 0.0924. The topological polar surface area (TPSA) is 60.1 Å². The molecule has 0 saturated carbocycles. The Morgan fingerprint density at radius 2 is 1.76 bits per heavy atom. The number of nitrogens with one attached hydrogen (secondary N) is 1. The number of benzene rings is 3. The van der Waals surface area contributed by atoms with Crippen molar-refractivity contribution in [1.29, 1.82) is 0 Å². The maximum absolute atomic E-state index is 13.1. The van der Waals surface area contributed by atoms with Gasteiger partial charge in [0.25, 0.3) is 5.91 Å². The summed E-state index contributed by atoms with van der Waals surface area (Å²) >= 11 is 12.3. The summed E-state index contributed by atoms with van der Waals surface area (Å²) in [4.78, 5) is 13.1. The number of fused-ring (bicyclic) bond motifs is 1. The molecule has 0 fully saturated rings. The zero-order valence-corrected chi connectivity index (χ0v) is 20.1. The van der Waals surface area contributed by atoms with Crippen molar-refractivity contribution < 1.29 is 9.21 Å². The molecule has 170 valence electrons. The van der Waals surface area contributed by atoms with Crippen molar-refractivity contribution in [3.05, 3.63) is 105 Å². The molecule has 1 N–H and O–H groups in total. The van der Waals surface area contributed by atoms with Gasteiger partial charge in [0.15, 0.2) is 5.76 Å². The van der Waals surface area contributed by atoms with E-state index in [1.54, 1.807) is 0 Å². The second kappa shape index (κ2) is 9.01. The average molecular weight is 490 g/mol. The van der Waals surface area contributed by atoms with Gasteiger partial charge in [0.05, 0.1) is 11.4 Å². The van der Waals surface area contributed by atoms with Gasteiger partial charge in [-0.3, -0.25) is 4.79 Å². The Labute approximate surface area is 206 Å². The van der Waals surface area contributed by atoms with Gasteiger partial charge in [-0.15, -0.1) is 0 Å². The normalized spacial score (nSPS) is 11.2. The van der Waals surface area contributed by atoms with Crippen molar-refractivity contribution in [3.63, 3.8) is 0 Å². The first kappa shape index (κ1) is 22.3. The number of para-hydroxylation sites is 1. The summed E-state index contributed by atoms with van der Waals surface area (Å²) in [6.45, 7) is 4.04. The SMILES string of the molecule is Cc1cc2oc(C(=O)NCc3cn(-c4ccccc4)nc3-c3ccc(Cl)cc3)c(C)c2cc1Cl. The number of nitrogens with zero attached hydrogens (tertiary/aromatic N) is 2. The van der Waals surface area contributed by atoms with E-state index in [2.05, 4.69) is 5.32 Å². The van der Waals surface area contributed by atoms with Crippen molar-refractivity contribution in [1.82, 2.24) is 15.1 Å². The fourth-order valence-corrected chi connectivity index (χ4v) is 4.21. The van der Waals surface area contributed by atoms with Crippen molar-refractivity contribution >= 4 is 40.1 Å². The van der Waals surface area contributed by atoms with E-state index < -0.39 is 0 Å². The number of hydrogen-bond donors (Lipinski definition) is 1. The molecule has 5 aromatic rings. The highest BCUT2D eigenvalue weighted by molar-refractivity contribution is 6.32. The quantitative estimate of drug-likeness (QED) is 0.285. The number of furan rings is 1. The van der Waals surface area contributed by atoms with Crippen molar-refractivity contribution in [2.75, 3.05) is 0 Å². The summed E-state index contributed by atoms with van der Waals surface area (Å²) in [7, 11) is 0. The van der Waals surface area contributed by atoms with Gasteiger partial charge in [0.2, 0.25) is 0 Å². The molecule has 0 atom stereocenters. The molecule has 0 spiro atoms. The monoisotopic (exact) mass is 489 g/mol. The number of carbonyl (C=O) groups excluding carboxylic acids is 1. The maximum atomic E-state index is 13.1. The predicted molar refractivity (Wildman–Crippen MR) is 136 cm³/mol. The van der Waals surface area contributed by atoms with Gasteiger partial charge in [-0.05, 0) is 55.8 Å². The van der Waals surface area contributed by atoms with E-state index in [1.165, 1.54) is 0 Å². The van der Waals surface area contributed by atoms with Gasteiger partial charge in [-0.1, -0.05) is 53.5 Å². The molecule has 7 heteroatoms. The number of carbonyl (C=O) groups is 1. The Morgan fingerprint density at radius 3 is 2.50 bits per heavy atom. The van der Waals surface area contributed by atoms with E-state index in [0.717, 1.165) is 39.0 Å². The lowest BCUT2D eigenvalue weighted by Gasteiger charge is -2.05. The van der Waals surface area contributed by atoms with Gasteiger partial charge in [-0.25, -0.2) is 4.68 Å². The Morgan fingerprint density at radius 1 is 1.03 bits per heavy atom. The molecule has 5 rings (SSSR count). The van der Waals surface area contributed by atoms with Crippen molar-refractivity contribution in [2.45, 2.75) is 20.4 Å². The Hall–Kier alpha value is -3.54. The highest BCUT2D eigenvalue weighted by atomic mass is 35.5. The molecule has 3 aromatic carbocycles. The Bertz CT molecular complexity index is 1500. The molecule has 0 aliphatic rings. The molecule has 2 heterocycles. The fraction of sp³-hybridized carbons (Fsp3) is 0.111. The summed E-state index contributed by atoms with van der Waals surface area (Å²) in [5, 5.41) is 9.90. The zero-order chi connectivity index (χ0) is 23.8. The summed E-state index contributed by atoms with van der Waals surface area (Å²) in [5.41, 5.74) is 5.77. The van der Waals surface area contributed by atoms with Crippen LogP contribution < -0.4 is 5.32 Å². The maximum Gasteiger partial charge on any atom is 0.287 e. The minimum atomic E-state index is -0.294. The molecule has 0 saturated heterocycles. The fourth-order valence-electron chi connectivity index (χ4n) is 3.92. The molecule has 0 bridgehead atoms. The number of hydrogen-bond acceptors (Lipinski definition) is 3. The summed E-state index contributed by atoms with van der Waals surface area (Å²) < 4.78 is 7.69. The third-order valence-electron chi connectivity index (χ3n) is 5.79. The molecule has 2 aromatic heterocycles. The lowest BCUT2D eigenvalue weighted by atomic mass is 10.1. The van der Waals surface area contributed by atoms with Crippen LogP contribution in [0.4, 0.5) is 0 Å². The highest BCUT2D eigenvalue weighted by Gasteiger charge is 2.20. The van der Waals surface area contributed by atoms with Crippen LogP contribution in [-0.4, -0.2) is 15.7 Å². The number of amides is 1. The minimum absolute atomic E-state index is 0.278. The zero-order valence-electron chi connectivity index (χ0n) is 18.6. The van der Waals surface area contributed by atoms with E-state index in [4.69, 9.17) is 32.7 Å².